The Hall–Kier alpha value is -2.06. The molecule has 1 amide bonds. The number of amides is 1. The van der Waals surface area contributed by atoms with Gasteiger partial charge >= 0.3 is 6.18 Å². The van der Waals surface area contributed by atoms with E-state index in [2.05, 4.69) is 15.2 Å². The summed E-state index contributed by atoms with van der Waals surface area (Å²) < 4.78 is 42.8. The normalized spacial score (nSPS) is 15.5. The topological polar surface area (TPSA) is 56.2 Å². The highest BCUT2D eigenvalue weighted by molar-refractivity contribution is 6.31. The molecule has 28 heavy (non-hydrogen) atoms. The van der Waals surface area contributed by atoms with Crippen LogP contribution in [0, 0.1) is 6.92 Å². The number of halogens is 4. The van der Waals surface area contributed by atoms with E-state index in [-0.39, 0.29) is 18.4 Å². The van der Waals surface area contributed by atoms with Crippen LogP contribution in [-0.2, 0) is 4.74 Å². The molecule has 152 valence electrons. The van der Waals surface area contributed by atoms with Gasteiger partial charge in [-0.1, -0.05) is 17.7 Å². The van der Waals surface area contributed by atoms with E-state index < -0.39 is 18.8 Å². The highest BCUT2D eigenvalue weighted by Gasteiger charge is 2.33. The van der Waals surface area contributed by atoms with Crippen LogP contribution in [0.15, 0.2) is 24.4 Å². The van der Waals surface area contributed by atoms with Crippen LogP contribution in [0.3, 0.4) is 0 Å². The Morgan fingerprint density at radius 3 is 2.75 bits per heavy atom. The van der Waals surface area contributed by atoms with Crippen molar-refractivity contribution in [3.8, 4) is 5.69 Å². The summed E-state index contributed by atoms with van der Waals surface area (Å²) in [6.45, 7) is 1.92. The second-order valence-corrected chi connectivity index (χ2v) is 7.48. The highest BCUT2D eigenvalue weighted by Crippen LogP contribution is 2.42. The van der Waals surface area contributed by atoms with E-state index in [0.29, 0.717) is 10.6 Å². The fourth-order valence-electron chi connectivity index (χ4n) is 2.90. The van der Waals surface area contributed by atoms with Gasteiger partial charge in [0.15, 0.2) is 0 Å². The molecule has 0 saturated heterocycles. The third-order valence-electron chi connectivity index (χ3n) is 4.43. The molecule has 1 aromatic heterocycles. The molecule has 1 N–H and O–H groups in total. The molecule has 1 aromatic carbocycles. The molecule has 5 nitrogen and oxygen atoms in total. The van der Waals surface area contributed by atoms with Crippen LogP contribution in [0.5, 0.6) is 0 Å². The molecule has 1 saturated carbocycles. The van der Waals surface area contributed by atoms with E-state index in [4.69, 9.17) is 11.6 Å². The quantitative estimate of drug-likeness (QED) is 0.728. The number of carbonyl (C=O) groups is 1. The first-order valence-corrected chi connectivity index (χ1v) is 9.33. The van der Waals surface area contributed by atoms with E-state index in [1.807, 2.05) is 19.1 Å². The number of aromatic nitrogens is 2. The summed E-state index contributed by atoms with van der Waals surface area (Å²) in [4.78, 5) is 12.7. The fourth-order valence-corrected chi connectivity index (χ4v) is 3.07. The van der Waals surface area contributed by atoms with Crippen LogP contribution in [0.25, 0.3) is 5.69 Å². The largest absolute Gasteiger partial charge is 0.411 e. The first-order chi connectivity index (χ1) is 13.2. The molecule has 0 spiro atoms. The third-order valence-corrected chi connectivity index (χ3v) is 4.83. The van der Waals surface area contributed by atoms with Gasteiger partial charge in [-0.15, -0.1) is 0 Å². The van der Waals surface area contributed by atoms with Crippen LogP contribution in [0.4, 0.5) is 13.2 Å². The van der Waals surface area contributed by atoms with Crippen molar-refractivity contribution < 1.29 is 22.7 Å². The first-order valence-electron chi connectivity index (χ1n) is 8.95. The third kappa shape index (κ3) is 5.05. The van der Waals surface area contributed by atoms with Gasteiger partial charge in [0.25, 0.3) is 5.91 Å². The Kier molecular flexibility index (Phi) is 6.00. The number of carbonyl (C=O) groups excluding carboxylic acids is 1. The average molecular weight is 416 g/mol. The molecule has 1 unspecified atom stereocenters. The molecule has 2 aromatic rings. The van der Waals surface area contributed by atoms with Crippen molar-refractivity contribution in [1.29, 1.82) is 0 Å². The number of alkyl halides is 3. The van der Waals surface area contributed by atoms with E-state index in [9.17, 15) is 18.0 Å². The zero-order chi connectivity index (χ0) is 20.5. The number of nitrogens with zero attached hydrogens (tertiary/aromatic N) is 2. The number of benzene rings is 1. The molecular formula is C19H21ClF3N3O2. The van der Waals surface area contributed by atoms with E-state index in [0.717, 1.165) is 29.8 Å². The summed E-state index contributed by atoms with van der Waals surface area (Å²) in [5.41, 5.74) is 2.91. The van der Waals surface area contributed by atoms with Gasteiger partial charge in [-0.05, 0) is 44.4 Å². The van der Waals surface area contributed by atoms with Crippen LogP contribution < -0.4 is 5.32 Å². The molecule has 1 fully saturated rings. The lowest BCUT2D eigenvalue weighted by atomic mass is 10.1. The summed E-state index contributed by atoms with van der Waals surface area (Å²) in [7, 11) is 0. The second kappa shape index (κ2) is 8.13. The monoisotopic (exact) mass is 415 g/mol. The zero-order valence-electron chi connectivity index (χ0n) is 15.5. The van der Waals surface area contributed by atoms with Crippen LogP contribution in [-0.4, -0.2) is 41.1 Å². The van der Waals surface area contributed by atoms with E-state index in [1.54, 1.807) is 17.7 Å². The number of nitrogens with one attached hydrogen (secondary N) is 1. The summed E-state index contributed by atoms with van der Waals surface area (Å²) in [6.07, 6.45) is -0.995. The molecule has 1 aliphatic carbocycles. The van der Waals surface area contributed by atoms with E-state index in [1.165, 1.54) is 6.20 Å². The van der Waals surface area contributed by atoms with Crippen molar-refractivity contribution in [2.45, 2.75) is 44.8 Å². The van der Waals surface area contributed by atoms with Crippen molar-refractivity contribution in [2.24, 2.45) is 0 Å². The molecule has 0 bridgehead atoms. The summed E-state index contributed by atoms with van der Waals surface area (Å²) in [6, 6.07) is 5.00. The van der Waals surface area contributed by atoms with Crippen molar-refractivity contribution in [3.05, 3.63) is 46.2 Å². The van der Waals surface area contributed by atoms with Gasteiger partial charge in [0.1, 0.15) is 6.61 Å². The van der Waals surface area contributed by atoms with Crippen LogP contribution in [0.2, 0.25) is 5.02 Å². The predicted octanol–water partition coefficient (Wildman–Crippen LogP) is 4.41. The van der Waals surface area contributed by atoms with Gasteiger partial charge in [0.05, 0.1) is 29.7 Å². The molecule has 0 aliphatic heterocycles. The van der Waals surface area contributed by atoms with Crippen molar-refractivity contribution in [3.63, 3.8) is 0 Å². The lowest BCUT2D eigenvalue weighted by Crippen LogP contribution is -2.37. The lowest BCUT2D eigenvalue weighted by Gasteiger charge is -2.16. The Bertz CT molecular complexity index is 863. The lowest BCUT2D eigenvalue weighted by molar-refractivity contribution is -0.174. The van der Waals surface area contributed by atoms with Gasteiger partial charge in [0.2, 0.25) is 0 Å². The minimum Gasteiger partial charge on any atom is -0.370 e. The fraction of sp³-hybridized carbons (Fsp3) is 0.474. The van der Waals surface area contributed by atoms with Gasteiger partial charge in [-0.3, -0.25) is 4.79 Å². The first kappa shape index (κ1) is 20.7. The number of ether oxygens (including phenoxy) is 1. The maximum absolute atomic E-state index is 12.7. The molecule has 0 radical (unpaired) electrons. The Morgan fingerprint density at radius 2 is 2.14 bits per heavy atom. The highest BCUT2D eigenvalue weighted by atomic mass is 35.5. The van der Waals surface area contributed by atoms with Gasteiger partial charge in [-0.25, -0.2) is 4.68 Å². The summed E-state index contributed by atoms with van der Waals surface area (Å²) >= 11 is 6.22. The Morgan fingerprint density at radius 1 is 1.43 bits per heavy atom. The maximum Gasteiger partial charge on any atom is 0.411 e. The SMILES string of the molecule is Cc1ccc(-n2ncc(C(=O)NC(C)COCC(F)(F)F)c2C2CC2)cc1Cl. The molecule has 1 aliphatic rings. The Labute approximate surface area is 165 Å². The summed E-state index contributed by atoms with van der Waals surface area (Å²) in [5, 5.41) is 7.65. The average Bonchev–Trinajstić information content (AvgIpc) is 3.34. The second-order valence-electron chi connectivity index (χ2n) is 7.07. The molecule has 1 atom stereocenters. The standard InChI is InChI=1S/C19H21ClF3N3O2/c1-11-3-6-14(7-16(11)20)26-17(13-4-5-13)15(8-24-26)18(27)25-12(2)9-28-10-19(21,22)23/h3,6-8,12-13H,4-5,9-10H2,1-2H3,(H,25,27). The predicted molar refractivity (Wildman–Crippen MR) is 99.1 cm³/mol. The van der Waals surface area contributed by atoms with Crippen molar-refractivity contribution in [2.75, 3.05) is 13.2 Å². The van der Waals surface area contributed by atoms with E-state index >= 15 is 0 Å². The minimum absolute atomic E-state index is 0.222. The maximum atomic E-state index is 12.7. The van der Waals surface area contributed by atoms with Crippen molar-refractivity contribution in [1.82, 2.24) is 15.1 Å². The smallest absolute Gasteiger partial charge is 0.370 e. The number of hydrogen-bond acceptors (Lipinski definition) is 3. The number of rotatable bonds is 7. The number of aryl methyl sites for hydroxylation is 1. The van der Waals surface area contributed by atoms with Gasteiger partial charge in [-0.2, -0.15) is 18.3 Å². The molecule has 3 rings (SSSR count). The summed E-state index contributed by atoms with van der Waals surface area (Å²) in [5.74, 6) is -0.158. The van der Waals surface area contributed by atoms with Crippen LogP contribution in [0.1, 0.15) is 47.3 Å². The van der Waals surface area contributed by atoms with Crippen molar-refractivity contribution >= 4 is 17.5 Å². The molecular weight excluding hydrogens is 395 g/mol. The zero-order valence-corrected chi connectivity index (χ0v) is 16.3. The molecule has 1 heterocycles. The molecule has 9 heteroatoms. The minimum atomic E-state index is -4.39. The number of hydrogen-bond donors (Lipinski definition) is 1. The van der Waals surface area contributed by atoms with Gasteiger partial charge in [0, 0.05) is 17.0 Å². The Balaban J connectivity index is 1.74. The van der Waals surface area contributed by atoms with Gasteiger partial charge < -0.3 is 10.1 Å². The van der Waals surface area contributed by atoms with Crippen LogP contribution >= 0.6 is 11.6 Å².